The van der Waals surface area contributed by atoms with Gasteiger partial charge >= 0.3 is 0 Å². The molecule has 0 heterocycles. The molecule has 0 bridgehead atoms. The van der Waals surface area contributed by atoms with Gasteiger partial charge in [0.1, 0.15) is 0 Å². The molecular weight excluding hydrogens is 202 g/mol. The molecule has 0 aromatic rings. The van der Waals surface area contributed by atoms with Crippen molar-refractivity contribution >= 4 is 0 Å². The Bertz CT molecular complexity index is 166. The van der Waals surface area contributed by atoms with E-state index in [9.17, 15) is 5.11 Å². The second kappa shape index (κ2) is 8.04. The fourth-order valence-electron chi connectivity index (χ4n) is 1.50. The minimum absolute atomic E-state index is 0.0146. The second-order valence-corrected chi connectivity index (χ2v) is 5.30. The summed E-state index contributed by atoms with van der Waals surface area (Å²) in [5.74, 6) is 0. The Labute approximate surface area is 101 Å². The molecule has 1 atom stereocenters. The van der Waals surface area contributed by atoms with Gasteiger partial charge in [-0.3, -0.25) is 0 Å². The van der Waals surface area contributed by atoms with Crippen molar-refractivity contribution in [2.24, 2.45) is 5.41 Å². The molecule has 0 radical (unpaired) electrons. The van der Waals surface area contributed by atoms with E-state index in [1.165, 1.54) is 0 Å². The molecule has 1 N–H and O–H groups in total. The summed E-state index contributed by atoms with van der Waals surface area (Å²) in [7, 11) is 0. The predicted molar refractivity (Wildman–Crippen MR) is 68.7 cm³/mol. The molecule has 0 aromatic carbocycles. The van der Waals surface area contributed by atoms with E-state index in [1.807, 2.05) is 6.92 Å². The van der Waals surface area contributed by atoms with Gasteiger partial charge in [0.05, 0.1) is 12.7 Å². The fraction of sp³-hybridized carbons (Fsp3) is 1.00. The molecule has 0 saturated heterocycles. The minimum Gasteiger partial charge on any atom is -0.393 e. The van der Waals surface area contributed by atoms with Gasteiger partial charge in [0, 0.05) is 19.7 Å². The summed E-state index contributed by atoms with van der Waals surface area (Å²) >= 11 is 0. The van der Waals surface area contributed by atoms with E-state index in [2.05, 4.69) is 32.6 Å². The van der Waals surface area contributed by atoms with E-state index in [0.717, 1.165) is 39.3 Å². The predicted octanol–water partition coefficient (Wildman–Crippen LogP) is 2.14. The highest BCUT2D eigenvalue weighted by Gasteiger charge is 2.22. The normalized spacial score (nSPS) is 14.4. The largest absolute Gasteiger partial charge is 0.393 e. The molecule has 0 spiro atoms. The highest BCUT2D eigenvalue weighted by molar-refractivity contribution is 4.73. The Hall–Kier alpha value is -0.120. The van der Waals surface area contributed by atoms with E-state index in [0.29, 0.717) is 0 Å². The standard InChI is InChI=1S/C13H29NO2/c1-6-14(10-11-16-7-2)9-8-12(15)13(3,4)5/h12,15H,6-11H2,1-5H3. The van der Waals surface area contributed by atoms with Crippen LogP contribution in [0.4, 0.5) is 0 Å². The Balaban J connectivity index is 3.78. The Morgan fingerprint density at radius 2 is 1.81 bits per heavy atom. The van der Waals surface area contributed by atoms with Gasteiger partial charge in [-0.05, 0) is 25.3 Å². The van der Waals surface area contributed by atoms with Gasteiger partial charge in [-0.1, -0.05) is 27.7 Å². The summed E-state index contributed by atoms with van der Waals surface area (Å²) in [5, 5.41) is 9.94. The molecule has 0 saturated carbocycles. The number of hydrogen-bond donors (Lipinski definition) is 1. The minimum atomic E-state index is -0.228. The molecule has 16 heavy (non-hydrogen) atoms. The first-order valence-electron chi connectivity index (χ1n) is 6.40. The number of hydrogen-bond acceptors (Lipinski definition) is 3. The van der Waals surface area contributed by atoms with Crippen LogP contribution in [0.15, 0.2) is 0 Å². The van der Waals surface area contributed by atoms with Crippen molar-refractivity contribution in [2.75, 3.05) is 32.8 Å². The molecule has 0 aliphatic heterocycles. The maximum Gasteiger partial charge on any atom is 0.0600 e. The lowest BCUT2D eigenvalue weighted by Crippen LogP contribution is -2.34. The number of aliphatic hydroxyl groups excluding tert-OH is 1. The van der Waals surface area contributed by atoms with Crippen LogP contribution in [0.3, 0.4) is 0 Å². The molecule has 0 fully saturated rings. The fourth-order valence-corrected chi connectivity index (χ4v) is 1.50. The maximum atomic E-state index is 9.94. The van der Waals surface area contributed by atoms with Crippen LogP contribution in [0, 0.1) is 5.41 Å². The van der Waals surface area contributed by atoms with E-state index in [1.54, 1.807) is 0 Å². The quantitative estimate of drug-likeness (QED) is 0.650. The average molecular weight is 231 g/mol. The third-order valence-electron chi connectivity index (χ3n) is 2.92. The first-order chi connectivity index (χ1) is 7.41. The van der Waals surface area contributed by atoms with Crippen molar-refractivity contribution in [2.45, 2.75) is 47.1 Å². The van der Waals surface area contributed by atoms with E-state index < -0.39 is 0 Å². The molecule has 98 valence electrons. The van der Waals surface area contributed by atoms with Crippen molar-refractivity contribution in [3.8, 4) is 0 Å². The van der Waals surface area contributed by atoms with Crippen LogP contribution in [0.25, 0.3) is 0 Å². The summed E-state index contributed by atoms with van der Waals surface area (Å²) in [5.41, 5.74) is -0.0146. The van der Waals surface area contributed by atoms with Crippen LogP contribution in [0.1, 0.15) is 41.0 Å². The molecular formula is C13H29NO2. The number of nitrogens with zero attached hydrogens (tertiary/aromatic N) is 1. The lowest BCUT2D eigenvalue weighted by atomic mass is 9.87. The summed E-state index contributed by atoms with van der Waals surface area (Å²) in [6.07, 6.45) is 0.609. The van der Waals surface area contributed by atoms with Crippen LogP contribution in [0.2, 0.25) is 0 Å². The molecule has 0 amide bonds. The van der Waals surface area contributed by atoms with Gasteiger partial charge in [0.2, 0.25) is 0 Å². The number of aliphatic hydroxyl groups is 1. The van der Waals surface area contributed by atoms with Gasteiger partial charge in [-0.25, -0.2) is 0 Å². The van der Waals surface area contributed by atoms with Gasteiger partial charge in [0.15, 0.2) is 0 Å². The number of ether oxygens (including phenoxy) is 1. The van der Waals surface area contributed by atoms with Gasteiger partial charge in [0.25, 0.3) is 0 Å². The summed E-state index contributed by atoms with van der Waals surface area (Å²) in [6, 6.07) is 0. The Kier molecular flexibility index (Phi) is 7.98. The maximum absolute atomic E-state index is 9.94. The van der Waals surface area contributed by atoms with Gasteiger partial charge in [-0.2, -0.15) is 0 Å². The third kappa shape index (κ3) is 7.20. The molecule has 3 heteroatoms. The molecule has 0 aliphatic carbocycles. The van der Waals surface area contributed by atoms with Crippen LogP contribution in [-0.4, -0.2) is 49.0 Å². The number of rotatable bonds is 8. The lowest BCUT2D eigenvalue weighted by Gasteiger charge is -2.28. The highest BCUT2D eigenvalue weighted by atomic mass is 16.5. The molecule has 3 nitrogen and oxygen atoms in total. The van der Waals surface area contributed by atoms with Gasteiger partial charge in [-0.15, -0.1) is 0 Å². The summed E-state index contributed by atoms with van der Waals surface area (Å²) < 4.78 is 5.34. The van der Waals surface area contributed by atoms with E-state index in [-0.39, 0.29) is 11.5 Å². The van der Waals surface area contributed by atoms with E-state index >= 15 is 0 Å². The molecule has 0 aliphatic rings. The van der Waals surface area contributed by atoms with Crippen molar-refractivity contribution in [3.63, 3.8) is 0 Å². The van der Waals surface area contributed by atoms with Crippen molar-refractivity contribution in [1.29, 1.82) is 0 Å². The smallest absolute Gasteiger partial charge is 0.0600 e. The van der Waals surface area contributed by atoms with Crippen molar-refractivity contribution < 1.29 is 9.84 Å². The summed E-state index contributed by atoms with van der Waals surface area (Å²) in [6.45, 7) is 14.9. The van der Waals surface area contributed by atoms with Crippen LogP contribution < -0.4 is 0 Å². The monoisotopic (exact) mass is 231 g/mol. The lowest BCUT2D eigenvalue weighted by molar-refractivity contribution is 0.0416. The zero-order valence-electron chi connectivity index (χ0n) is 11.6. The Morgan fingerprint density at radius 3 is 2.25 bits per heavy atom. The van der Waals surface area contributed by atoms with Crippen LogP contribution in [0.5, 0.6) is 0 Å². The first-order valence-corrected chi connectivity index (χ1v) is 6.40. The summed E-state index contributed by atoms with van der Waals surface area (Å²) in [4.78, 5) is 2.32. The topological polar surface area (TPSA) is 32.7 Å². The zero-order valence-corrected chi connectivity index (χ0v) is 11.6. The van der Waals surface area contributed by atoms with E-state index in [4.69, 9.17) is 4.74 Å². The Morgan fingerprint density at radius 1 is 1.19 bits per heavy atom. The van der Waals surface area contributed by atoms with Crippen molar-refractivity contribution in [3.05, 3.63) is 0 Å². The third-order valence-corrected chi connectivity index (χ3v) is 2.92. The van der Waals surface area contributed by atoms with Crippen molar-refractivity contribution in [1.82, 2.24) is 4.90 Å². The molecule has 0 aromatic heterocycles. The first kappa shape index (κ1) is 15.9. The molecule has 0 rings (SSSR count). The number of likely N-dealkylation sites (N-methyl/N-ethyl adjacent to an activating group) is 1. The van der Waals surface area contributed by atoms with Gasteiger partial charge < -0.3 is 14.7 Å². The van der Waals surface area contributed by atoms with Crippen LogP contribution >= 0.6 is 0 Å². The van der Waals surface area contributed by atoms with Crippen LogP contribution in [-0.2, 0) is 4.74 Å². The average Bonchev–Trinajstić information content (AvgIpc) is 2.21. The second-order valence-electron chi connectivity index (χ2n) is 5.30. The SMILES string of the molecule is CCOCCN(CC)CCC(O)C(C)(C)C. The zero-order chi connectivity index (χ0) is 12.6. The molecule has 1 unspecified atom stereocenters. The highest BCUT2D eigenvalue weighted by Crippen LogP contribution is 2.21.